The van der Waals surface area contributed by atoms with E-state index in [9.17, 15) is 30.3 Å². The molecule has 3 rings (SSSR count). The van der Waals surface area contributed by atoms with Crippen molar-refractivity contribution < 1.29 is 64.6 Å². The van der Waals surface area contributed by atoms with Crippen LogP contribution in [0.25, 0.3) is 10.9 Å². The van der Waals surface area contributed by atoms with Crippen LogP contribution in [0, 0.1) is 0 Å². The molecule has 9 heteroatoms. The molecule has 5 atom stereocenters. The summed E-state index contributed by atoms with van der Waals surface area (Å²) in [6.45, 7) is 0. The molecule has 0 saturated carbocycles. The van der Waals surface area contributed by atoms with Gasteiger partial charge in [-0.15, -0.1) is 0 Å². The molecule has 8 nitrogen and oxygen atoms in total. The first-order valence-electron chi connectivity index (χ1n) is 6.57. The molecule has 0 aliphatic carbocycles. The van der Waals surface area contributed by atoms with Gasteiger partial charge in [-0.3, -0.25) is 0 Å². The smallest absolute Gasteiger partial charge is 0.547 e. The maximum Gasteiger partial charge on any atom is 1.00 e. The number of carbonyl (C=O) groups excluding carboxylic acids is 1. The molecule has 0 bridgehead atoms. The Morgan fingerprint density at radius 2 is 1.87 bits per heavy atom. The second-order valence-corrected chi connectivity index (χ2v) is 5.25. The molecular formula is C14H14NNaO7. The predicted molar refractivity (Wildman–Crippen MR) is 70.1 cm³/mol. The Balaban J connectivity index is 0.00000192. The number of aromatic amines is 1. The van der Waals surface area contributed by atoms with Gasteiger partial charge in [0.25, 0.3) is 0 Å². The number of aliphatic hydroxyl groups is 4. The molecule has 1 aliphatic heterocycles. The number of fused-ring (bicyclic) bond motifs is 1. The van der Waals surface area contributed by atoms with Gasteiger partial charge in [-0.2, -0.15) is 0 Å². The van der Waals surface area contributed by atoms with Gasteiger partial charge < -0.3 is 40.0 Å². The third-order valence-electron chi connectivity index (χ3n) is 3.94. The van der Waals surface area contributed by atoms with Crippen LogP contribution >= 0.6 is 0 Å². The van der Waals surface area contributed by atoms with Crippen LogP contribution in [0.1, 0.15) is 5.69 Å². The molecule has 1 aliphatic rings. The summed E-state index contributed by atoms with van der Waals surface area (Å²) in [4.78, 5) is 13.8. The van der Waals surface area contributed by atoms with Crippen LogP contribution in [-0.4, -0.2) is 56.0 Å². The van der Waals surface area contributed by atoms with Gasteiger partial charge >= 0.3 is 29.6 Å². The Morgan fingerprint density at radius 1 is 1.22 bits per heavy atom. The molecular weight excluding hydrogens is 317 g/mol. The second-order valence-electron chi connectivity index (χ2n) is 5.25. The number of aliphatic carboxylic acids is 1. The summed E-state index contributed by atoms with van der Waals surface area (Å²) in [5, 5.41) is 52.2. The topological polar surface area (TPSA) is 146 Å². The fourth-order valence-corrected chi connectivity index (χ4v) is 2.71. The van der Waals surface area contributed by atoms with E-state index in [-0.39, 0.29) is 35.3 Å². The monoisotopic (exact) mass is 331 g/mol. The number of carbonyl (C=O) groups is 1. The fraction of sp³-hybridized carbons (Fsp3) is 0.357. The molecule has 23 heavy (non-hydrogen) atoms. The van der Waals surface area contributed by atoms with Crippen LogP contribution in [0.15, 0.2) is 30.3 Å². The van der Waals surface area contributed by atoms with Crippen LogP contribution in [0.4, 0.5) is 0 Å². The molecule has 118 valence electrons. The minimum atomic E-state index is -2.46. The SMILES string of the molecule is O=C([O-])[C@H]1O[C@@H](O)[C@H](O)[C@](O)(c2cc3ccccc3[nH]2)[C@@H]1O.[Na+]. The fourth-order valence-electron chi connectivity index (χ4n) is 2.71. The molecule has 0 unspecified atom stereocenters. The first kappa shape index (κ1) is 18.4. The molecule has 1 aromatic heterocycles. The van der Waals surface area contributed by atoms with Gasteiger partial charge in [-0.05, 0) is 17.5 Å². The average Bonchev–Trinajstić information content (AvgIpc) is 2.93. The van der Waals surface area contributed by atoms with Gasteiger partial charge in [-0.25, -0.2) is 0 Å². The van der Waals surface area contributed by atoms with Crippen molar-refractivity contribution in [3.63, 3.8) is 0 Å². The van der Waals surface area contributed by atoms with E-state index in [0.717, 1.165) is 0 Å². The minimum Gasteiger partial charge on any atom is -0.547 e. The standard InChI is InChI=1S/C14H15NO7.Na/c16-10-9(12(18)19)22-13(20)11(17)14(10,21)8-5-6-3-1-2-4-7(6)15-8;/h1-5,9-11,13,15-17,20-21H,(H,18,19);/q;+1/p-1/t9-,10+,11-,13+,14-;/m0./s1. The Morgan fingerprint density at radius 3 is 2.48 bits per heavy atom. The summed E-state index contributed by atoms with van der Waals surface area (Å²) < 4.78 is 4.58. The molecule has 1 saturated heterocycles. The normalized spacial score (nSPS) is 34.1. The Bertz CT molecular complexity index is 687. The van der Waals surface area contributed by atoms with E-state index < -0.39 is 36.2 Å². The minimum absolute atomic E-state index is 0. The van der Waals surface area contributed by atoms with Crippen molar-refractivity contribution >= 4 is 16.9 Å². The largest absolute Gasteiger partial charge is 1.00 e. The van der Waals surface area contributed by atoms with E-state index >= 15 is 0 Å². The van der Waals surface area contributed by atoms with Crippen LogP contribution in [0.5, 0.6) is 0 Å². The van der Waals surface area contributed by atoms with Crippen molar-refractivity contribution in [3.05, 3.63) is 36.0 Å². The van der Waals surface area contributed by atoms with Crippen molar-refractivity contribution in [2.45, 2.75) is 30.2 Å². The molecule has 5 N–H and O–H groups in total. The molecule has 1 fully saturated rings. The molecule has 0 radical (unpaired) electrons. The van der Waals surface area contributed by atoms with Gasteiger partial charge in [0.05, 0.1) is 11.7 Å². The molecule has 2 aromatic rings. The number of ether oxygens (including phenoxy) is 1. The van der Waals surface area contributed by atoms with Crippen molar-refractivity contribution in [2.75, 3.05) is 0 Å². The zero-order valence-electron chi connectivity index (χ0n) is 12.2. The van der Waals surface area contributed by atoms with Gasteiger partial charge in [0, 0.05) is 5.52 Å². The number of rotatable bonds is 2. The third-order valence-corrected chi connectivity index (χ3v) is 3.94. The number of nitrogens with one attached hydrogen (secondary N) is 1. The zero-order chi connectivity index (χ0) is 16.1. The summed E-state index contributed by atoms with van der Waals surface area (Å²) in [6.07, 6.45) is -7.98. The number of H-pyrrole nitrogens is 1. The van der Waals surface area contributed by atoms with Crippen LogP contribution < -0.4 is 34.7 Å². The number of aromatic nitrogens is 1. The van der Waals surface area contributed by atoms with E-state index in [0.29, 0.717) is 10.9 Å². The Kier molecular flexibility index (Phi) is 5.19. The van der Waals surface area contributed by atoms with Crippen LogP contribution in [-0.2, 0) is 15.1 Å². The number of benzene rings is 1. The number of carboxylic acid groups (broad SMARTS) is 1. The Hall–Kier alpha value is -0.970. The van der Waals surface area contributed by atoms with E-state index in [1.54, 1.807) is 24.3 Å². The number of hydrogen-bond acceptors (Lipinski definition) is 7. The number of para-hydroxylation sites is 1. The summed E-state index contributed by atoms with van der Waals surface area (Å²) in [7, 11) is 0. The van der Waals surface area contributed by atoms with E-state index in [4.69, 9.17) is 0 Å². The van der Waals surface area contributed by atoms with Crippen molar-refractivity contribution in [2.24, 2.45) is 0 Å². The van der Waals surface area contributed by atoms with Gasteiger partial charge in [0.1, 0.15) is 18.3 Å². The molecule has 0 amide bonds. The summed E-state index contributed by atoms with van der Waals surface area (Å²) in [6, 6.07) is 8.37. The van der Waals surface area contributed by atoms with Crippen molar-refractivity contribution in [3.8, 4) is 0 Å². The summed E-state index contributed by atoms with van der Waals surface area (Å²) in [5.41, 5.74) is -1.89. The predicted octanol–water partition coefficient (Wildman–Crippen LogP) is -5.45. The van der Waals surface area contributed by atoms with Crippen LogP contribution in [0.3, 0.4) is 0 Å². The van der Waals surface area contributed by atoms with Gasteiger partial charge in [-0.1, -0.05) is 18.2 Å². The van der Waals surface area contributed by atoms with E-state index in [2.05, 4.69) is 9.72 Å². The van der Waals surface area contributed by atoms with E-state index in [1.165, 1.54) is 6.07 Å². The first-order chi connectivity index (χ1) is 10.4. The van der Waals surface area contributed by atoms with Gasteiger partial charge in [0.2, 0.25) is 0 Å². The summed E-state index contributed by atoms with van der Waals surface area (Å²) in [5.74, 6) is -1.81. The molecule has 1 aromatic carbocycles. The maximum atomic E-state index is 11.0. The molecule has 0 spiro atoms. The molecule has 2 heterocycles. The number of hydrogen-bond donors (Lipinski definition) is 5. The van der Waals surface area contributed by atoms with E-state index in [1.807, 2.05) is 0 Å². The van der Waals surface area contributed by atoms with Gasteiger partial charge in [0.15, 0.2) is 11.9 Å². The van der Waals surface area contributed by atoms with Crippen molar-refractivity contribution in [1.29, 1.82) is 0 Å². The summed E-state index contributed by atoms with van der Waals surface area (Å²) >= 11 is 0. The zero-order valence-corrected chi connectivity index (χ0v) is 14.2. The first-order valence-corrected chi connectivity index (χ1v) is 6.57. The second kappa shape index (κ2) is 6.50. The van der Waals surface area contributed by atoms with Crippen molar-refractivity contribution in [1.82, 2.24) is 4.98 Å². The number of aliphatic hydroxyl groups excluding tert-OH is 3. The third kappa shape index (κ3) is 2.81. The van der Waals surface area contributed by atoms with Crippen LogP contribution in [0.2, 0.25) is 0 Å². The average molecular weight is 331 g/mol. The quantitative estimate of drug-likeness (QED) is 0.345. The Labute approximate surface area is 152 Å². The maximum absolute atomic E-state index is 11.0. The number of carboxylic acids is 1.